The van der Waals surface area contributed by atoms with Crippen LogP contribution in [0.25, 0.3) is 0 Å². The quantitative estimate of drug-likeness (QED) is 0.917. The average Bonchev–Trinajstić information content (AvgIpc) is 3.16. The van der Waals surface area contributed by atoms with Crippen LogP contribution in [0.1, 0.15) is 69.0 Å². The molecule has 2 fully saturated rings. The molecular weight excluding hydrogens is 254 g/mol. The molecule has 0 spiro atoms. The average molecular weight is 279 g/mol. The molecule has 0 saturated heterocycles. The van der Waals surface area contributed by atoms with Crippen LogP contribution in [0, 0.1) is 5.92 Å². The fourth-order valence-corrected chi connectivity index (χ4v) is 3.85. The topological polar surface area (TPSA) is 74.2 Å². The molecule has 2 N–H and O–H groups in total. The molecule has 2 unspecified atom stereocenters. The molecule has 112 valence electrons. The van der Waals surface area contributed by atoms with Crippen molar-refractivity contribution in [3.63, 3.8) is 0 Å². The van der Waals surface area contributed by atoms with Crippen molar-refractivity contribution in [2.75, 3.05) is 13.7 Å². The van der Waals surface area contributed by atoms with E-state index in [0.29, 0.717) is 18.4 Å². The summed E-state index contributed by atoms with van der Waals surface area (Å²) in [5.74, 6) is 2.34. The molecule has 1 aromatic heterocycles. The van der Waals surface area contributed by atoms with Gasteiger partial charge in [-0.1, -0.05) is 18.0 Å². The van der Waals surface area contributed by atoms with Crippen molar-refractivity contribution in [2.24, 2.45) is 11.7 Å². The standard InChI is InChI=1S/C15H25N3O2/c1-19-15(8-4-5-9-15)14-17-13(20-18-14)12-7-3-2-6-11(12)10-16/h11-12H,2-10,16H2,1H3. The van der Waals surface area contributed by atoms with Gasteiger partial charge in [-0.05, 0) is 51.0 Å². The van der Waals surface area contributed by atoms with Crippen molar-refractivity contribution in [1.82, 2.24) is 10.1 Å². The summed E-state index contributed by atoms with van der Waals surface area (Å²) in [7, 11) is 1.75. The summed E-state index contributed by atoms with van der Waals surface area (Å²) in [5.41, 5.74) is 5.59. The van der Waals surface area contributed by atoms with Gasteiger partial charge in [0.1, 0.15) is 5.60 Å². The van der Waals surface area contributed by atoms with Gasteiger partial charge < -0.3 is 15.0 Å². The van der Waals surface area contributed by atoms with Crippen LogP contribution in [-0.2, 0) is 10.3 Å². The lowest BCUT2D eigenvalue weighted by molar-refractivity contribution is -0.0178. The number of nitrogens with zero attached hydrogens (tertiary/aromatic N) is 2. The van der Waals surface area contributed by atoms with Crippen molar-refractivity contribution in [3.8, 4) is 0 Å². The smallest absolute Gasteiger partial charge is 0.230 e. The van der Waals surface area contributed by atoms with Crippen molar-refractivity contribution in [3.05, 3.63) is 11.7 Å². The first kappa shape index (κ1) is 14.0. The zero-order valence-electron chi connectivity index (χ0n) is 12.3. The van der Waals surface area contributed by atoms with Crippen LogP contribution in [-0.4, -0.2) is 23.8 Å². The number of hydrogen-bond donors (Lipinski definition) is 1. The molecule has 2 aliphatic carbocycles. The highest BCUT2D eigenvalue weighted by atomic mass is 16.5. The maximum Gasteiger partial charge on any atom is 0.230 e. The molecule has 5 heteroatoms. The van der Waals surface area contributed by atoms with Gasteiger partial charge in [0.15, 0.2) is 0 Å². The van der Waals surface area contributed by atoms with Gasteiger partial charge in [0.05, 0.1) is 0 Å². The van der Waals surface area contributed by atoms with Gasteiger partial charge >= 0.3 is 0 Å². The molecule has 3 rings (SSSR count). The number of aromatic nitrogens is 2. The Kier molecular flexibility index (Phi) is 4.08. The summed E-state index contributed by atoms with van der Waals surface area (Å²) in [6, 6.07) is 0. The maximum atomic E-state index is 5.90. The first-order valence-corrected chi connectivity index (χ1v) is 7.88. The minimum absolute atomic E-state index is 0.311. The van der Waals surface area contributed by atoms with Gasteiger partial charge in [0.2, 0.25) is 11.7 Å². The van der Waals surface area contributed by atoms with Crippen LogP contribution < -0.4 is 5.73 Å². The van der Waals surface area contributed by atoms with E-state index < -0.39 is 0 Å². The van der Waals surface area contributed by atoms with Crippen LogP contribution in [0.2, 0.25) is 0 Å². The SMILES string of the molecule is COC1(c2noc(C3CCCCC3CN)n2)CCCC1. The molecule has 5 nitrogen and oxygen atoms in total. The van der Waals surface area contributed by atoms with E-state index in [1.165, 1.54) is 32.1 Å². The lowest BCUT2D eigenvalue weighted by Gasteiger charge is -2.27. The van der Waals surface area contributed by atoms with Gasteiger partial charge in [0.25, 0.3) is 0 Å². The highest BCUT2D eigenvalue weighted by Gasteiger charge is 2.41. The van der Waals surface area contributed by atoms with E-state index >= 15 is 0 Å². The third kappa shape index (κ3) is 2.37. The Morgan fingerprint density at radius 3 is 2.70 bits per heavy atom. The lowest BCUT2D eigenvalue weighted by atomic mass is 9.79. The fourth-order valence-electron chi connectivity index (χ4n) is 3.85. The Morgan fingerprint density at radius 1 is 1.25 bits per heavy atom. The third-order valence-corrected chi connectivity index (χ3v) is 5.18. The van der Waals surface area contributed by atoms with Crippen LogP contribution in [0.5, 0.6) is 0 Å². The molecule has 0 radical (unpaired) electrons. The van der Waals surface area contributed by atoms with Crippen molar-refractivity contribution < 1.29 is 9.26 Å². The molecule has 1 aromatic rings. The molecule has 2 aliphatic rings. The second kappa shape index (κ2) is 5.82. The molecule has 2 atom stereocenters. The van der Waals surface area contributed by atoms with Crippen LogP contribution >= 0.6 is 0 Å². The van der Waals surface area contributed by atoms with E-state index in [9.17, 15) is 0 Å². The monoisotopic (exact) mass is 279 g/mol. The predicted molar refractivity (Wildman–Crippen MR) is 75.2 cm³/mol. The van der Waals surface area contributed by atoms with Gasteiger partial charge in [-0.2, -0.15) is 4.98 Å². The molecule has 0 bridgehead atoms. The second-order valence-electron chi connectivity index (χ2n) is 6.25. The first-order chi connectivity index (χ1) is 9.79. The van der Waals surface area contributed by atoms with E-state index in [2.05, 4.69) is 5.16 Å². The zero-order valence-corrected chi connectivity index (χ0v) is 12.3. The molecule has 0 aromatic carbocycles. The Balaban J connectivity index is 1.82. The molecule has 0 aliphatic heterocycles. The van der Waals surface area contributed by atoms with Crippen LogP contribution in [0.15, 0.2) is 4.52 Å². The Labute approximate surface area is 120 Å². The molecular formula is C15H25N3O2. The molecule has 0 amide bonds. The largest absolute Gasteiger partial charge is 0.370 e. The fraction of sp³-hybridized carbons (Fsp3) is 0.867. The van der Waals surface area contributed by atoms with Gasteiger partial charge in [-0.15, -0.1) is 0 Å². The van der Waals surface area contributed by atoms with E-state index in [4.69, 9.17) is 20.0 Å². The Bertz CT molecular complexity index is 440. The lowest BCUT2D eigenvalue weighted by Crippen LogP contribution is -2.27. The highest BCUT2D eigenvalue weighted by molar-refractivity contribution is 5.07. The maximum absolute atomic E-state index is 5.90. The van der Waals surface area contributed by atoms with Gasteiger partial charge in [0, 0.05) is 13.0 Å². The molecule has 1 heterocycles. The normalized spacial score (nSPS) is 29.7. The first-order valence-electron chi connectivity index (χ1n) is 7.88. The van der Waals surface area contributed by atoms with Crippen molar-refractivity contribution in [1.29, 1.82) is 0 Å². The van der Waals surface area contributed by atoms with E-state index in [1.807, 2.05) is 0 Å². The summed E-state index contributed by atoms with van der Waals surface area (Å²) in [6.07, 6.45) is 9.12. The van der Waals surface area contributed by atoms with Gasteiger partial charge in [-0.25, -0.2) is 0 Å². The van der Waals surface area contributed by atoms with Crippen molar-refractivity contribution >= 4 is 0 Å². The number of ether oxygens (including phenoxy) is 1. The summed E-state index contributed by atoms with van der Waals surface area (Å²) < 4.78 is 11.3. The summed E-state index contributed by atoms with van der Waals surface area (Å²) >= 11 is 0. The third-order valence-electron chi connectivity index (χ3n) is 5.18. The number of hydrogen-bond acceptors (Lipinski definition) is 5. The summed E-state index contributed by atoms with van der Waals surface area (Å²) in [6.45, 7) is 0.706. The van der Waals surface area contributed by atoms with E-state index in [0.717, 1.165) is 31.0 Å². The van der Waals surface area contributed by atoms with Crippen LogP contribution in [0.4, 0.5) is 0 Å². The van der Waals surface area contributed by atoms with E-state index in [-0.39, 0.29) is 5.60 Å². The van der Waals surface area contributed by atoms with E-state index in [1.54, 1.807) is 7.11 Å². The predicted octanol–water partition coefficient (Wildman–Crippen LogP) is 2.72. The minimum Gasteiger partial charge on any atom is -0.370 e. The number of rotatable bonds is 4. The summed E-state index contributed by atoms with van der Waals surface area (Å²) in [4.78, 5) is 4.70. The molecule has 2 saturated carbocycles. The highest BCUT2D eigenvalue weighted by Crippen LogP contribution is 2.42. The number of nitrogens with two attached hydrogens (primary N) is 1. The van der Waals surface area contributed by atoms with Crippen molar-refractivity contribution in [2.45, 2.75) is 62.9 Å². The Hall–Kier alpha value is -0.940. The van der Waals surface area contributed by atoms with Gasteiger partial charge in [-0.3, -0.25) is 0 Å². The minimum atomic E-state index is -0.311. The Morgan fingerprint density at radius 2 is 2.00 bits per heavy atom. The zero-order chi connectivity index (χ0) is 14.0. The van der Waals surface area contributed by atoms with Crippen LogP contribution in [0.3, 0.4) is 0 Å². The number of methoxy groups -OCH3 is 1. The molecule has 20 heavy (non-hydrogen) atoms. The summed E-state index contributed by atoms with van der Waals surface area (Å²) in [5, 5.41) is 4.23. The second-order valence-corrected chi connectivity index (χ2v) is 6.25.